The zero-order valence-corrected chi connectivity index (χ0v) is 22.9. The van der Waals surface area contributed by atoms with Crippen LogP contribution in [0.4, 0.5) is 8.78 Å². The molecule has 1 aromatic carbocycles. The maximum Gasteiger partial charge on any atom is 0.289 e. The average molecular weight is 567 g/mol. The van der Waals surface area contributed by atoms with Crippen molar-refractivity contribution in [3.8, 4) is 0 Å². The molecule has 2 saturated carbocycles. The number of halogens is 2. The van der Waals surface area contributed by atoms with Crippen LogP contribution in [0.5, 0.6) is 0 Å². The zero-order chi connectivity index (χ0) is 29.0. The van der Waals surface area contributed by atoms with Crippen molar-refractivity contribution >= 4 is 23.5 Å². The molecular weight excluding hydrogens is 530 g/mol. The fraction of sp³-hybridized carbons (Fsp3) is 0.516. The number of hydrogen-bond acceptors (Lipinski definition) is 5. The fourth-order valence-corrected chi connectivity index (χ4v) is 6.58. The average Bonchev–Trinajstić information content (AvgIpc) is 3.58. The van der Waals surface area contributed by atoms with E-state index < -0.39 is 41.5 Å². The highest BCUT2D eigenvalue weighted by atomic mass is 19.3. The molecule has 218 valence electrons. The lowest BCUT2D eigenvalue weighted by atomic mass is 9.85. The van der Waals surface area contributed by atoms with E-state index in [4.69, 9.17) is 0 Å². The van der Waals surface area contributed by atoms with Gasteiger partial charge in [0, 0.05) is 37.4 Å². The van der Waals surface area contributed by atoms with Crippen LogP contribution < -0.4 is 10.6 Å². The summed E-state index contributed by atoms with van der Waals surface area (Å²) in [4.78, 5) is 59.4. The molecule has 0 spiro atoms. The van der Waals surface area contributed by atoms with Crippen LogP contribution in [0.25, 0.3) is 0 Å². The van der Waals surface area contributed by atoms with Crippen LogP contribution in [0.1, 0.15) is 62.6 Å². The molecule has 0 bridgehead atoms. The first kappa shape index (κ1) is 28.8. The Hall–Kier alpha value is -3.69. The molecule has 4 atom stereocenters. The number of ketones is 1. The zero-order valence-electron chi connectivity index (χ0n) is 22.9. The molecule has 5 rings (SSSR count). The lowest BCUT2D eigenvalue weighted by Crippen LogP contribution is -2.56. The maximum atomic E-state index is 13.8. The summed E-state index contributed by atoms with van der Waals surface area (Å²) in [5, 5.41) is 5.39. The Kier molecular flexibility index (Phi) is 8.75. The number of benzene rings is 1. The van der Waals surface area contributed by atoms with Gasteiger partial charge in [0.1, 0.15) is 12.1 Å². The van der Waals surface area contributed by atoms with Gasteiger partial charge in [0.25, 0.3) is 5.91 Å². The predicted octanol–water partition coefficient (Wildman–Crippen LogP) is 3.59. The van der Waals surface area contributed by atoms with Crippen molar-refractivity contribution in [2.75, 3.05) is 0 Å². The topological polar surface area (TPSA) is 108 Å². The summed E-state index contributed by atoms with van der Waals surface area (Å²) in [6.07, 6.45) is 4.30. The highest BCUT2D eigenvalue weighted by molar-refractivity contribution is 6.38. The van der Waals surface area contributed by atoms with Gasteiger partial charge in [0.15, 0.2) is 0 Å². The highest BCUT2D eigenvalue weighted by Crippen LogP contribution is 2.44. The first-order chi connectivity index (χ1) is 19.7. The lowest BCUT2D eigenvalue weighted by Gasteiger charge is -2.35. The van der Waals surface area contributed by atoms with Crippen molar-refractivity contribution in [1.29, 1.82) is 0 Å². The Labute approximate surface area is 238 Å². The summed E-state index contributed by atoms with van der Waals surface area (Å²) in [5.74, 6) is -5.49. The standard InChI is InChI=1S/C31H36F2N4O4/c32-31(33)14-12-21(13-15-31)30(41)37-25-11-6-9-22(25)18-26(37)28(39)36-24(17-20-7-2-1-3-8-20)27(38)29(40)35-19-23-10-4-5-16-34-23/h1-5,7-8,10,16,21-22,24-26H,6,9,11-15,17-19H2,(H,35,40)(H,36,39)/t22-,24+,25-,26-/m0/s1. The van der Waals surface area contributed by atoms with Crippen molar-refractivity contribution in [3.63, 3.8) is 0 Å². The first-order valence-corrected chi connectivity index (χ1v) is 14.5. The number of rotatable bonds is 9. The second-order valence-corrected chi connectivity index (χ2v) is 11.5. The van der Waals surface area contributed by atoms with E-state index in [1.165, 1.54) is 0 Å². The molecule has 1 saturated heterocycles. The quantitative estimate of drug-likeness (QED) is 0.451. The minimum absolute atomic E-state index is 0.0616. The van der Waals surface area contributed by atoms with E-state index in [9.17, 15) is 28.0 Å². The minimum atomic E-state index is -2.75. The number of pyridine rings is 1. The normalized spacial score (nSPS) is 24.3. The van der Waals surface area contributed by atoms with Gasteiger partial charge in [-0.05, 0) is 55.7 Å². The largest absolute Gasteiger partial charge is 0.344 e. The number of likely N-dealkylation sites (tertiary alicyclic amines) is 1. The molecule has 3 aliphatic rings. The number of nitrogens with zero attached hydrogens (tertiary/aromatic N) is 2. The molecule has 1 aliphatic heterocycles. The summed E-state index contributed by atoms with van der Waals surface area (Å²) in [6.45, 7) is 0.0616. The number of aromatic nitrogens is 1. The summed E-state index contributed by atoms with van der Waals surface area (Å²) < 4.78 is 27.6. The fourth-order valence-electron chi connectivity index (χ4n) is 6.58. The van der Waals surface area contributed by atoms with E-state index in [-0.39, 0.29) is 56.5 Å². The van der Waals surface area contributed by atoms with Gasteiger partial charge < -0.3 is 15.5 Å². The number of alkyl halides is 2. The second kappa shape index (κ2) is 12.4. The highest BCUT2D eigenvalue weighted by Gasteiger charge is 2.51. The van der Waals surface area contributed by atoms with E-state index in [1.807, 2.05) is 30.3 Å². The third-order valence-electron chi connectivity index (χ3n) is 8.76. The van der Waals surface area contributed by atoms with Crippen LogP contribution in [0.3, 0.4) is 0 Å². The van der Waals surface area contributed by atoms with Crippen molar-refractivity contribution in [3.05, 3.63) is 66.0 Å². The number of amides is 3. The summed E-state index contributed by atoms with van der Waals surface area (Å²) in [5.41, 5.74) is 1.35. The van der Waals surface area contributed by atoms with E-state index in [0.717, 1.165) is 24.8 Å². The van der Waals surface area contributed by atoms with Crippen molar-refractivity contribution in [1.82, 2.24) is 20.5 Å². The van der Waals surface area contributed by atoms with E-state index in [0.29, 0.717) is 12.1 Å². The van der Waals surface area contributed by atoms with Crippen LogP contribution in [0, 0.1) is 11.8 Å². The number of Topliss-reactive ketones (excluding diaryl/α,β-unsaturated/α-hetero) is 1. The smallest absolute Gasteiger partial charge is 0.289 e. The molecule has 1 aromatic heterocycles. The van der Waals surface area contributed by atoms with Crippen LogP contribution in [-0.4, -0.2) is 57.4 Å². The van der Waals surface area contributed by atoms with Crippen LogP contribution >= 0.6 is 0 Å². The van der Waals surface area contributed by atoms with Gasteiger partial charge in [-0.25, -0.2) is 8.78 Å². The monoisotopic (exact) mass is 566 g/mol. The molecule has 2 heterocycles. The minimum Gasteiger partial charge on any atom is -0.344 e. The van der Waals surface area contributed by atoms with Gasteiger partial charge in [-0.2, -0.15) is 0 Å². The van der Waals surface area contributed by atoms with Crippen molar-refractivity contribution < 1.29 is 28.0 Å². The number of carbonyl (C=O) groups excluding carboxylic acids is 4. The Morgan fingerprint density at radius 3 is 2.41 bits per heavy atom. The molecule has 2 aliphatic carbocycles. The van der Waals surface area contributed by atoms with Gasteiger partial charge in [0.05, 0.1) is 12.2 Å². The Morgan fingerprint density at radius 2 is 1.71 bits per heavy atom. The van der Waals surface area contributed by atoms with Crippen LogP contribution in [0.15, 0.2) is 54.7 Å². The number of fused-ring (bicyclic) bond motifs is 1. The molecule has 10 heteroatoms. The molecule has 8 nitrogen and oxygen atoms in total. The summed E-state index contributed by atoms with van der Waals surface area (Å²) in [7, 11) is 0. The number of nitrogens with one attached hydrogen (secondary N) is 2. The molecule has 0 radical (unpaired) electrons. The maximum absolute atomic E-state index is 13.8. The Bertz CT molecular complexity index is 1250. The van der Waals surface area contributed by atoms with Gasteiger partial charge in [-0.3, -0.25) is 24.2 Å². The van der Waals surface area contributed by atoms with E-state index >= 15 is 0 Å². The molecule has 41 heavy (non-hydrogen) atoms. The van der Waals surface area contributed by atoms with E-state index in [2.05, 4.69) is 15.6 Å². The molecule has 0 unspecified atom stereocenters. The molecule has 3 fully saturated rings. The molecule has 3 amide bonds. The lowest BCUT2D eigenvalue weighted by molar-refractivity contribution is -0.148. The second-order valence-electron chi connectivity index (χ2n) is 11.5. The number of hydrogen-bond donors (Lipinski definition) is 2. The third-order valence-corrected chi connectivity index (χ3v) is 8.76. The Balaban J connectivity index is 1.31. The summed E-state index contributed by atoms with van der Waals surface area (Å²) >= 11 is 0. The molecule has 2 aromatic rings. The molecular formula is C31H36F2N4O4. The van der Waals surface area contributed by atoms with Gasteiger partial charge >= 0.3 is 0 Å². The summed E-state index contributed by atoms with van der Waals surface area (Å²) in [6, 6.07) is 12.3. The number of carbonyl (C=O) groups is 4. The van der Waals surface area contributed by atoms with Crippen LogP contribution in [-0.2, 0) is 32.1 Å². The van der Waals surface area contributed by atoms with Gasteiger partial charge in [-0.15, -0.1) is 0 Å². The Morgan fingerprint density at radius 1 is 0.976 bits per heavy atom. The van der Waals surface area contributed by atoms with Gasteiger partial charge in [-0.1, -0.05) is 42.8 Å². The van der Waals surface area contributed by atoms with Crippen molar-refractivity contribution in [2.24, 2.45) is 11.8 Å². The first-order valence-electron chi connectivity index (χ1n) is 14.5. The predicted molar refractivity (Wildman–Crippen MR) is 146 cm³/mol. The van der Waals surface area contributed by atoms with Gasteiger partial charge in [0.2, 0.25) is 23.5 Å². The van der Waals surface area contributed by atoms with E-state index in [1.54, 1.807) is 29.3 Å². The van der Waals surface area contributed by atoms with Crippen molar-refractivity contribution in [2.45, 2.75) is 88.4 Å². The SMILES string of the molecule is O=C(NCc1ccccn1)C(=O)[C@@H](Cc1ccccc1)NC(=O)[C@@H]1C[C@@H]2CCC[C@@H]2N1C(=O)C1CCC(F)(F)CC1. The molecule has 2 N–H and O–H groups in total. The van der Waals surface area contributed by atoms with Crippen LogP contribution in [0.2, 0.25) is 0 Å². The third kappa shape index (κ3) is 6.80.